The molecule has 2 aromatic heterocycles. The van der Waals surface area contributed by atoms with Gasteiger partial charge in [-0.1, -0.05) is 0 Å². The molecule has 0 unspecified atom stereocenters. The lowest BCUT2D eigenvalue weighted by Crippen LogP contribution is -2.51. The molecule has 1 N–H and O–H groups in total. The lowest BCUT2D eigenvalue weighted by Gasteiger charge is -2.29. The van der Waals surface area contributed by atoms with Crippen molar-refractivity contribution in [1.82, 2.24) is 24.6 Å². The van der Waals surface area contributed by atoms with Crippen LogP contribution in [-0.4, -0.2) is 53.4 Å². The molecule has 0 spiro atoms. The van der Waals surface area contributed by atoms with Gasteiger partial charge >= 0.3 is 0 Å². The lowest BCUT2D eigenvalue weighted by molar-refractivity contribution is -0.164. The maximum atomic E-state index is 13.2. The number of carbonyl (C=O) groups excluding carboxylic acids is 1. The molecule has 0 bridgehead atoms. The van der Waals surface area contributed by atoms with Crippen molar-refractivity contribution >= 4 is 27.5 Å². The Morgan fingerprint density at radius 1 is 1.38 bits per heavy atom. The summed E-state index contributed by atoms with van der Waals surface area (Å²) in [6.07, 6.45) is -2.02. The summed E-state index contributed by atoms with van der Waals surface area (Å²) in [7, 11) is 0. The zero-order valence-corrected chi connectivity index (χ0v) is 15.9. The van der Waals surface area contributed by atoms with Crippen molar-refractivity contribution in [2.75, 3.05) is 0 Å². The Morgan fingerprint density at radius 3 is 2.65 bits per heavy atom. The van der Waals surface area contributed by atoms with Crippen LogP contribution in [0.1, 0.15) is 35.2 Å². The van der Waals surface area contributed by atoms with Gasteiger partial charge in [-0.15, -0.1) is 0 Å². The number of amides is 1. The minimum absolute atomic E-state index is 0.0943. The maximum absolute atomic E-state index is 13.2. The van der Waals surface area contributed by atoms with Gasteiger partial charge in [0.25, 0.3) is 12.3 Å². The molecule has 0 saturated heterocycles. The van der Waals surface area contributed by atoms with Crippen LogP contribution in [0.5, 0.6) is 0 Å². The Labute approximate surface area is 156 Å². The molecule has 0 aromatic carbocycles. The van der Waals surface area contributed by atoms with Crippen molar-refractivity contribution in [2.24, 2.45) is 5.10 Å². The molecule has 2 aromatic rings. The quantitative estimate of drug-likeness (QED) is 0.804. The number of halogens is 3. The predicted molar refractivity (Wildman–Crippen MR) is 91.9 cm³/mol. The van der Waals surface area contributed by atoms with Gasteiger partial charge in [0, 0.05) is 18.3 Å². The minimum Gasteiger partial charge on any atom is -0.364 e. The van der Waals surface area contributed by atoms with Gasteiger partial charge in [-0.3, -0.25) is 9.48 Å². The van der Waals surface area contributed by atoms with Crippen LogP contribution in [-0.2, 0) is 6.67 Å². The highest BCUT2D eigenvalue weighted by atomic mass is 79.9. The number of aliphatic hydroxyl groups is 1. The van der Waals surface area contributed by atoms with Crippen LogP contribution < -0.4 is 0 Å². The van der Waals surface area contributed by atoms with E-state index in [9.17, 15) is 18.7 Å². The van der Waals surface area contributed by atoms with Gasteiger partial charge in [-0.2, -0.15) is 20.3 Å². The summed E-state index contributed by atoms with van der Waals surface area (Å²) in [6.45, 7) is 5.45. The largest absolute Gasteiger partial charge is 0.364 e. The average Bonchev–Trinajstić information content (AvgIpc) is 3.22. The zero-order chi connectivity index (χ0) is 19.2. The highest BCUT2D eigenvalue weighted by molar-refractivity contribution is 9.10. The molecule has 8 nitrogen and oxygen atoms in total. The third-order valence-corrected chi connectivity index (χ3v) is 5.27. The van der Waals surface area contributed by atoms with E-state index in [1.807, 2.05) is 13.8 Å². The summed E-state index contributed by atoms with van der Waals surface area (Å²) in [4.78, 5) is 12.5. The normalized spacial score (nSPS) is 20.2. The molecule has 0 aliphatic carbocycles. The van der Waals surface area contributed by atoms with Crippen molar-refractivity contribution in [1.29, 1.82) is 0 Å². The van der Waals surface area contributed by atoms with Gasteiger partial charge in [0.05, 0.1) is 15.9 Å². The Balaban J connectivity index is 1.83. The molecular formula is C15H17BrF2N6O2. The molecule has 1 aliphatic rings. The first-order chi connectivity index (χ1) is 12.1. The SMILES string of the molecule is CC1=NN(C(=O)c2ccn(Cn3nc(C)c(Br)c3C)n2)[C@](O)(C(F)F)C1. The second-order valence-electron chi connectivity index (χ2n) is 6.17. The minimum atomic E-state index is -3.15. The fourth-order valence-electron chi connectivity index (χ4n) is 2.75. The van der Waals surface area contributed by atoms with Gasteiger partial charge in [0.1, 0.15) is 6.67 Å². The summed E-state index contributed by atoms with van der Waals surface area (Å²) in [5.74, 6) is -0.891. The fraction of sp³-hybridized carbons (Fsp3) is 0.467. The summed E-state index contributed by atoms with van der Waals surface area (Å²) in [5, 5.41) is 22.8. The van der Waals surface area contributed by atoms with Gasteiger partial charge in [0.2, 0.25) is 5.72 Å². The van der Waals surface area contributed by atoms with Crippen molar-refractivity contribution < 1.29 is 18.7 Å². The number of alkyl halides is 2. The molecule has 3 heterocycles. The highest BCUT2D eigenvalue weighted by Crippen LogP contribution is 2.32. The van der Waals surface area contributed by atoms with Crippen molar-refractivity contribution in [3.8, 4) is 0 Å². The number of aromatic nitrogens is 4. The zero-order valence-electron chi connectivity index (χ0n) is 14.3. The standard InChI is InChI=1S/C15H17BrF2N6O2/c1-8-6-15(26,14(17)18)24(19-8)13(25)11-4-5-22(21-11)7-23-10(3)12(16)9(2)20-23/h4-5,14,26H,6-7H2,1-3H3/t15-/m1/s1. The first kappa shape index (κ1) is 18.6. The molecule has 140 valence electrons. The molecule has 0 fully saturated rings. The average molecular weight is 431 g/mol. The maximum Gasteiger partial charge on any atom is 0.297 e. The van der Waals surface area contributed by atoms with Gasteiger partial charge < -0.3 is 5.11 Å². The first-order valence-corrected chi connectivity index (χ1v) is 8.55. The number of nitrogens with zero attached hydrogens (tertiary/aromatic N) is 6. The fourth-order valence-corrected chi connectivity index (χ4v) is 3.03. The molecule has 0 radical (unpaired) electrons. The number of hydrazone groups is 1. The van der Waals surface area contributed by atoms with E-state index in [1.165, 1.54) is 23.9 Å². The van der Waals surface area contributed by atoms with Crippen molar-refractivity contribution in [3.63, 3.8) is 0 Å². The Bertz CT molecular complexity index is 893. The summed E-state index contributed by atoms with van der Waals surface area (Å²) >= 11 is 3.43. The van der Waals surface area contributed by atoms with Crippen molar-refractivity contribution in [3.05, 3.63) is 33.8 Å². The molecule has 1 amide bonds. The van der Waals surface area contributed by atoms with Crippen LogP contribution in [0.25, 0.3) is 0 Å². The molecule has 0 saturated carbocycles. The third kappa shape index (κ3) is 3.05. The molecule has 1 atom stereocenters. The van der Waals surface area contributed by atoms with Crippen LogP contribution in [0.15, 0.2) is 21.8 Å². The summed E-state index contributed by atoms with van der Waals surface area (Å²) in [5.41, 5.74) is -0.797. The summed E-state index contributed by atoms with van der Waals surface area (Å²) < 4.78 is 30.5. The van der Waals surface area contributed by atoms with Gasteiger partial charge in [0.15, 0.2) is 5.69 Å². The number of hydrogen-bond donors (Lipinski definition) is 1. The molecule has 3 rings (SSSR count). The molecule has 26 heavy (non-hydrogen) atoms. The second kappa shape index (κ2) is 6.54. The van der Waals surface area contributed by atoms with E-state index in [0.717, 1.165) is 15.9 Å². The summed E-state index contributed by atoms with van der Waals surface area (Å²) in [6, 6.07) is 1.39. The van der Waals surface area contributed by atoms with Crippen LogP contribution in [0.3, 0.4) is 0 Å². The van der Waals surface area contributed by atoms with E-state index in [0.29, 0.717) is 5.01 Å². The number of hydrogen-bond acceptors (Lipinski definition) is 5. The first-order valence-electron chi connectivity index (χ1n) is 7.75. The third-order valence-electron chi connectivity index (χ3n) is 4.13. The molecule has 11 heteroatoms. The van der Waals surface area contributed by atoms with E-state index >= 15 is 0 Å². The highest BCUT2D eigenvalue weighted by Gasteiger charge is 2.51. The van der Waals surface area contributed by atoms with Crippen LogP contribution in [0.4, 0.5) is 8.78 Å². The Morgan fingerprint density at radius 2 is 2.08 bits per heavy atom. The van der Waals surface area contributed by atoms with Crippen molar-refractivity contribution in [2.45, 2.75) is 46.0 Å². The smallest absolute Gasteiger partial charge is 0.297 e. The van der Waals surface area contributed by atoms with E-state index in [-0.39, 0.29) is 18.1 Å². The van der Waals surface area contributed by atoms with E-state index in [4.69, 9.17) is 0 Å². The van der Waals surface area contributed by atoms with Gasteiger partial charge in [-0.05, 0) is 42.8 Å². The van der Waals surface area contributed by atoms with E-state index < -0.39 is 24.5 Å². The number of carbonyl (C=O) groups is 1. The Kier molecular flexibility index (Phi) is 4.69. The second-order valence-corrected chi connectivity index (χ2v) is 6.97. The molecular weight excluding hydrogens is 414 g/mol. The van der Waals surface area contributed by atoms with Crippen LogP contribution in [0, 0.1) is 13.8 Å². The predicted octanol–water partition coefficient (Wildman–Crippen LogP) is 2.14. The lowest BCUT2D eigenvalue weighted by atomic mass is 10.1. The molecule has 1 aliphatic heterocycles. The van der Waals surface area contributed by atoms with Gasteiger partial charge in [-0.25, -0.2) is 13.5 Å². The van der Waals surface area contributed by atoms with E-state index in [2.05, 4.69) is 31.2 Å². The number of aryl methyl sites for hydroxylation is 1. The monoisotopic (exact) mass is 430 g/mol. The van der Waals surface area contributed by atoms with E-state index in [1.54, 1.807) is 4.68 Å². The van der Waals surface area contributed by atoms with Crippen LogP contribution in [0.2, 0.25) is 0 Å². The Hall–Kier alpha value is -2.14. The topological polar surface area (TPSA) is 88.5 Å². The van der Waals surface area contributed by atoms with Crippen LogP contribution >= 0.6 is 15.9 Å². The number of rotatable bonds is 4.